The molecule has 22 heavy (non-hydrogen) atoms. The maximum Gasteiger partial charge on any atom is 0.122 e. The summed E-state index contributed by atoms with van der Waals surface area (Å²) in [5.41, 5.74) is 10.2. The van der Waals surface area contributed by atoms with Crippen molar-refractivity contribution in [1.82, 2.24) is 19.4 Å². The lowest BCUT2D eigenvalue weighted by Crippen LogP contribution is -2.28. The van der Waals surface area contributed by atoms with Gasteiger partial charge >= 0.3 is 0 Å². The number of imidazole rings is 1. The molecule has 1 aromatic heterocycles. The van der Waals surface area contributed by atoms with E-state index in [4.69, 9.17) is 5.73 Å². The van der Waals surface area contributed by atoms with Crippen LogP contribution in [-0.2, 0) is 26.7 Å². The molecule has 3 rings (SSSR count). The smallest absolute Gasteiger partial charge is 0.122 e. The molecule has 0 saturated heterocycles. The van der Waals surface area contributed by atoms with Crippen molar-refractivity contribution in [2.24, 2.45) is 12.8 Å². The molecule has 2 N–H and O–H groups in total. The first kappa shape index (κ1) is 15.2. The Kier molecular flexibility index (Phi) is 4.29. The molecule has 1 unspecified atom stereocenters. The van der Waals surface area contributed by atoms with Crippen molar-refractivity contribution in [3.05, 3.63) is 53.1 Å². The monoisotopic (exact) mass is 299 g/mol. The minimum Gasteiger partial charge on any atom is -0.337 e. The fraction of sp³-hybridized carbons (Fsp3) is 0.471. The van der Waals surface area contributed by atoms with E-state index >= 15 is 0 Å². The first-order chi connectivity index (χ1) is 10.6. The average Bonchev–Trinajstić information content (AvgIpc) is 3.02. The van der Waals surface area contributed by atoms with E-state index in [-0.39, 0.29) is 6.04 Å². The maximum atomic E-state index is 6.08. The van der Waals surface area contributed by atoms with Crippen LogP contribution in [0.3, 0.4) is 0 Å². The minimum absolute atomic E-state index is 0.286. The molecule has 0 aliphatic carbocycles. The zero-order chi connectivity index (χ0) is 15.7. The molecule has 0 bridgehead atoms. The predicted molar refractivity (Wildman–Crippen MR) is 88.1 cm³/mol. The second-order valence-corrected chi connectivity index (χ2v) is 6.38. The maximum absolute atomic E-state index is 6.08. The van der Waals surface area contributed by atoms with Crippen molar-refractivity contribution in [2.75, 3.05) is 20.6 Å². The summed E-state index contributed by atoms with van der Waals surface area (Å²) in [4.78, 5) is 9.06. The molecule has 0 fully saturated rings. The molecule has 0 saturated carbocycles. The molecule has 118 valence electrons. The highest BCUT2D eigenvalue weighted by Crippen LogP contribution is 2.34. The Bertz CT molecular complexity index is 646. The number of hydrogen-bond acceptors (Lipinski definition) is 4. The zero-order valence-electron chi connectivity index (χ0n) is 13.7. The van der Waals surface area contributed by atoms with E-state index in [0.29, 0.717) is 6.54 Å². The molecule has 0 radical (unpaired) electrons. The normalized spacial score (nSPS) is 18.1. The molecule has 1 atom stereocenters. The van der Waals surface area contributed by atoms with E-state index in [1.54, 1.807) is 0 Å². The summed E-state index contributed by atoms with van der Waals surface area (Å²) in [7, 11) is 6.24. The molecule has 5 heteroatoms. The summed E-state index contributed by atoms with van der Waals surface area (Å²) in [6.45, 7) is 3.39. The molecular formula is C17H25N5. The number of benzene rings is 1. The average molecular weight is 299 g/mol. The van der Waals surface area contributed by atoms with E-state index in [1.165, 1.54) is 16.7 Å². The van der Waals surface area contributed by atoms with E-state index in [2.05, 4.69) is 51.6 Å². The number of nitrogens with two attached hydrogens (primary N) is 1. The van der Waals surface area contributed by atoms with Gasteiger partial charge in [-0.1, -0.05) is 18.2 Å². The van der Waals surface area contributed by atoms with Gasteiger partial charge in [-0.15, -0.1) is 0 Å². The van der Waals surface area contributed by atoms with Crippen LogP contribution in [0, 0.1) is 0 Å². The van der Waals surface area contributed by atoms with Crippen LogP contribution in [0.25, 0.3) is 0 Å². The second-order valence-electron chi connectivity index (χ2n) is 6.38. The first-order valence-corrected chi connectivity index (χ1v) is 7.75. The van der Waals surface area contributed by atoms with Crippen LogP contribution in [0.4, 0.5) is 0 Å². The topological polar surface area (TPSA) is 50.3 Å². The quantitative estimate of drug-likeness (QED) is 0.909. The van der Waals surface area contributed by atoms with Crippen molar-refractivity contribution in [2.45, 2.75) is 25.7 Å². The summed E-state index contributed by atoms with van der Waals surface area (Å²) >= 11 is 0. The Morgan fingerprint density at radius 2 is 2.18 bits per heavy atom. The molecule has 2 heterocycles. The van der Waals surface area contributed by atoms with Crippen LogP contribution in [0.15, 0.2) is 30.6 Å². The lowest BCUT2D eigenvalue weighted by molar-refractivity contribution is 0.203. The second kappa shape index (κ2) is 6.20. The van der Waals surface area contributed by atoms with Crippen molar-refractivity contribution in [3.63, 3.8) is 0 Å². The van der Waals surface area contributed by atoms with Gasteiger partial charge in [0.1, 0.15) is 5.82 Å². The summed E-state index contributed by atoms with van der Waals surface area (Å²) < 4.78 is 2.08. The van der Waals surface area contributed by atoms with Crippen molar-refractivity contribution in [1.29, 1.82) is 0 Å². The van der Waals surface area contributed by atoms with Crippen LogP contribution in [0.5, 0.6) is 0 Å². The lowest BCUT2D eigenvalue weighted by atomic mass is 10.0. The number of rotatable bonds is 5. The molecule has 5 nitrogen and oxygen atoms in total. The van der Waals surface area contributed by atoms with Crippen molar-refractivity contribution >= 4 is 0 Å². The van der Waals surface area contributed by atoms with Crippen LogP contribution in [0.2, 0.25) is 0 Å². The van der Waals surface area contributed by atoms with Crippen LogP contribution >= 0.6 is 0 Å². The molecule has 1 aliphatic heterocycles. The van der Waals surface area contributed by atoms with Gasteiger partial charge in [0.2, 0.25) is 0 Å². The number of hydrogen-bond donors (Lipinski definition) is 1. The van der Waals surface area contributed by atoms with Gasteiger partial charge in [-0.2, -0.15) is 0 Å². The minimum atomic E-state index is 0.286. The van der Waals surface area contributed by atoms with Crippen LogP contribution in [0.1, 0.15) is 28.6 Å². The van der Waals surface area contributed by atoms with E-state index in [9.17, 15) is 0 Å². The Balaban J connectivity index is 1.83. The summed E-state index contributed by atoms with van der Waals surface area (Å²) in [6, 6.07) is 7.10. The lowest BCUT2D eigenvalue weighted by Gasteiger charge is -2.23. The Morgan fingerprint density at radius 1 is 1.36 bits per heavy atom. The highest BCUT2D eigenvalue weighted by molar-refractivity contribution is 5.38. The fourth-order valence-electron chi connectivity index (χ4n) is 3.26. The third kappa shape index (κ3) is 2.92. The largest absolute Gasteiger partial charge is 0.337 e. The SMILES string of the molecule is CN(C)Cc1ccc2c(c1)C(CN)N(Cc1nccn1C)C2. The first-order valence-electron chi connectivity index (χ1n) is 7.75. The summed E-state index contributed by atoms with van der Waals surface area (Å²) in [6.07, 6.45) is 3.84. The zero-order valence-corrected chi connectivity index (χ0v) is 13.7. The molecule has 0 spiro atoms. The van der Waals surface area contributed by atoms with E-state index < -0.39 is 0 Å². The predicted octanol–water partition coefficient (Wildman–Crippen LogP) is 1.50. The number of nitrogens with zero attached hydrogens (tertiary/aromatic N) is 4. The van der Waals surface area contributed by atoms with Gasteiger partial charge in [0.05, 0.1) is 6.54 Å². The molecule has 1 aromatic carbocycles. The third-order valence-electron chi connectivity index (χ3n) is 4.37. The molecule has 0 amide bonds. The highest BCUT2D eigenvalue weighted by atomic mass is 15.2. The number of aromatic nitrogens is 2. The van der Waals surface area contributed by atoms with E-state index in [1.807, 2.05) is 19.4 Å². The van der Waals surface area contributed by atoms with Gasteiger partial charge in [-0.25, -0.2) is 4.98 Å². The van der Waals surface area contributed by atoms with Crippen LogP contribution in [-0.4, -0.2) is 40.0 Å². The Labute approximate surface area is 132 Å². The summed E-state index contributed by atoms with van der Waals surface area (Å²) in [5.74, 6) is 1.08. The Hall–Kier alpha value is -1.69. The molecular weight excluding hydrogens is 274 g/mol. The van der Waals surface area contributed by atoms with Gasteiger partial charge in [-0.05, 0) is 30.8 Å². The third-order valence-corrected chi connectivity index (χ3v) is 4.37. The number of aryl methyl sites for hydroxylation is 1. The van der Waals surface area contributed by atoms with Crippen molar-refractivity contribution in [3.8, 4) is 0 Å². The highest BCUT2D eigenvalue weighted by Gasteiger charge is 2.30. The Morgan fingerprint density at radius 3 is 2.82 bits per heavy atom. The van der Waals surface area contributed by atoms with Crippen molar-refractivity contribution < 1.29 is 0 Å². The molecule has 1 aliphatic rings. The number of fused-ring (bicyclic) bond motifs is 1. The van der Waals surface area contributed by atoms with Gasteiger partial charge in [0.15, 0.2) is 0 Å². The van der Waals surface area contributed by atoms with Gasteiger partial charge in [-0.3, -0.25) is 4.90 Å². The van der Waals surface area contributed by atoms with Gasteiger partial charge in [0, 0.05) is 45.1 Å². The molecule has 2 aromatic rings. The van der Waals surface area contributed by atoms with Crippen LogP contribution < -0.4 is 5.73 Å². The van der Waals surface area contributed by atoms with Gasteiger partial charge < -0.3 is 15.2 Å². The van der Waals surface area contributed by atoms with E-state index in [0.717, 1.165) is 25.5 Å². The fourth-order valence-corrected chi connectivity index (χ4v) is 3.26. The summed E-state index contributed by atoms with van der Waals surface area (Å²) in [5, 5.41) is 0. The van der Waals surface area contributed by atoms with Gasteiger partial charge in [0.25, 0.3) is 0 Å². The standard InChI is InChI=1S/C17H25N5/c1-20(2)10-13-4-5-14-11-22(16(9-18)15(14)8-13)12-17-19-6-7-21(17)3/h4-8,16H,9-12,18H2,1-3H3.